The lowest BCUT2D eigenvalue weighted by atomic mass is 10.1. The lowest BCUT2D eigenvalue weighted by molar-refractivity contribution is -0.384. The van der Waals surface area contributed by atoms with E-state index < -0.39 is 0 Å². The molecule has 0 N–H and O–H groups in total. The molecule has 3 rings (SSSR count). The zero-order valence-corrected chi connectivity index (χ0v) is 14.7. The monoisotopic (exact) mass is 348 g/mol. The maximum atomic E-state index is 11.2. The molecule has 0 aliphatic carbocycles. The SMILES string of the molecule is C=C(C#Cc1cccc(C)c1)N1CCN(c2ncccc2[N+](=O)[O-])CC1. The maximum absolute atomic E-state index is 11.2. The highest BCUT2D eigenvalue weighted by Crippen LogP contribution is 2.26. The molecule has 1 saturated heterocycles. The van der Waals surface area contributed by atoms with Gasteiger partial charge in [0.05, 0.1) is 10.6 Å². The van der Waals surface area contributed by atoms with E-state index in [4.69, 9.17) is 0 Å². The molecule has 0 radical (unpaired) electrons. The number of aryl methyl sites for hydroxylation is 1. The minimum Gasteiger partial charge on any atom is -0.362 e. The van der Waals surface area contributed by atoms with Crippen LogP contribution < -0.4 is 4.90 Å². The van der Waals surface area contributed by atoms with Crippen molar-refractivity contribution in [2.45, 2.75) is 6.92 Å². The molecule has 0 spiro atoms. The molecular formula is C20H20N4O2. The van der Waals surface area contributed by atoms with E-state index in [0.29, 0.717) is 32.0 Å². The van der Waals surface area contributed by atoms with Gasteiger partial charge in [-0.15, -0.1) is 0 Å². The summed E-state index contributed by atoms with van der Waals surface area (Å²) < 4.78 is 0. The molecule has 6 heteroatoms. The van der Waals surface area contributed by atoms with E-state index >= 15 is 0 Å². The standard InChI is InChI=1S/C20H20N4O2/c1-16-5-3-6-18(15-16)9-8-17(2)22-11-13-23(14-12-22)20-19(24(25)26)7-4-10-21-20/h3-7,10,15H,2,11-14H2,1H3. The summed E-state index contributed by atoms with van der Waals surface area (Å²) in [7, 11) is 0. The van der Waals surface area contributed by atoms with Crippen molar-refractivity contribution >= 4 is 11.5 Å². The molecule has 0 bridgehead atoms. The largest absolute Gasteiger partial charge is 0.362 e. The third kappa shape index (κ3) is 4.01. The van der Waals surface area contributed by atoms with Gasteiger partial charge in [-0.25, -0.2) is 4.98 Å². The minimum atomic E-state index is -0.388. The average Bonchev–Trinajstić information content (AvgIpc) is 2.66. The van der Waals surface area contributed by atoms with Crippen molar-refractivity contribution in [3.8, 4) is 11.8 Å². The molecule has 1 aliphatic heterocycles. The number of aromatic nitrogens is 1. The molecule has 1 aromatic heterocycles. The van der Waals surface area contributed by atoms with Gasteiger partial charge in [0.1, 0.15) is 0 Å². The van der Waals surface area contributed by atoms with Crippen molar-refractivity contribution in [2.75, 3.05) is 31.1 Å². The number of pyridine rings is 1. The number of anilines is 1. The molecule has 6 nitrogen and oxygen atoms in total. The molecule has 0 amide bonds. The average molecular weight is 348 g/mol. The number of piperazine rings is 1. The quantitative estimate of drug-likeness (QED) is 0.485. The molecule has 1 aliphatic rings. The van der Waals surface area contributed by atoms with E-state index in [1.807, 2.05) is 36.1 Å². The lowest BCUT2D eigenvalue weighted by Gasteiger charge is -2.35. The highest BCUT2D eigenvalue weighted by atomic mass is 16.6. The Kier molecular flexibility index (Phi) is 5.18. The van der Waals surface area contributed by atoms with Crippen LogP contribution in [0.25, 0.3) is 0 Å². The van der Waals surface area contributed by atoms with Crippen LogP contribution >= 0.6 is 0 Å². The van der Waals surface area contributed by atoms with Crippen molar-refractivity contribution in [3.63, 3.8) is 0 Å². The predicted octanol–water partition coefficient (Wildman–Crippen LogP) is 2.99. The Labute approximate surface area is 152 Å². The predicted molar refractivity (Wildman–Crippen MR) is 102 cm³/mol. The second-order valence-corrected chi connectivity index (χ2v) is 6.14. The highest BCUT2D eigenvalue weighted by molar-refractivity contribution is 5.57. The van der Waals surface area contributed by atoms with Crippen LogP contribution in [0.3, 0.4) is 0 Å². The van der Waals surface area contributed by atoms with Crippen LogP contribution in [0.1, 0.15) is 11.1 Å². The Morgan fingerprint density at radius 2 is 2.00 bits per heavy atom. The fraction of sp³-hybridized carbons (Fsp3) is 0.250. The van der Waals surface area contributed by atoms with E-state index in [2.05, 4.69) is 28.3 Å². The van der Waals surface area contributed by atoms with Crippen molar-refractivity contribution in [1.29, 1.82) is 0 Å². The Bertz CT molecular complexity index is 890. The third-order valence-electron chi connectivity index (χ3n) is 4.29. The number of benzene rings is 1. The Morgan fingerprint density at radius 3 is 2.69 bits per heavy atom. The van der Waals surface area contributed by atoms with Gasteiger partial charge in [0, 0.05) is 44.0 Å². The van der Waals surface area contributed by atoms with Gasteiger partial charge in [0.15, 0.2) is 0 Å². The number of allylic oxidation sites excluding steroid dienone is 1. The van der Waals surface area contributed by atoms with E-state index in [1.54, 1.807) is 12.3 Å². The van der Waals surface area contributed by atoms with Crippen LogP contribution in [0.15, 0.2) is 54.9 Å². The molecule has 1 fully saturated rings. The molecule has 0 unspecified atom stereocenters. The summed E-state index contributed by atoms with van der Waals surface area (Å²) in [6.07, 6.45) is 1.58. The Morgan fingerprint density at radius 1 is 1.23 bits per heavy atom. The van der Waals surface area contributed by atoms with Crippen molar-refractivity contribution < 1.29 is 4.92 Å². The number of hydrogen-bond donors (Lipinski definition) is 0. The van der Waals surface area contributed by atoms with Crippen molar-refractivity contribution in [2.24, 2.45) is 0 Å². The summed E-state index contributed by atoms with van der Waals surface area (Å²) in [5, 5.41) is 11.2. The number of nitrogens with zero attached hydrogens (tertiary/aromatic N) is 4. The Hall–Kier alpha value is -3.33. The second-order valence-electron chi connectivity index (χ2n) is 6.14. The van der Waals surface area contributed by atoms with Gasteiger partial charge in [-0.05, 0) is 36.6 Å². The first kappa shape index (κ1) is 17.5. The molecular weight excluding hydrogens is 328 g/mol. The number of nitro groups is 1. The zero-order chi connectivity index (χ0) is 18.5. The van der Waals surface area contributed by atoms with Gasteiger partial charge in [0.25, 0.3) is 0 Å². The zero-order valence-electron chi connectivity index (χ0n) is 14.7. The van der Waals surface area contributed by atoms with Gasteiger partial charge in [0.2, 0.25) is 5.82 Å². The highest BCUT2D eigenvalue weighted by Gasteiger charge is 2.24. The van der Waals surface area contributed by atoms with Gasteiger partial charge in [-0.1, -0.05) is 24.6 Å². The first-order chi connectivity index (χ1) is 12.5. The molecule has 2 aromatic rings. The molecule has 26 heavy (non-hydrogen) atoms. The van der Waals surface area contributed by atoms with Crippen LogP contribution in [-0.2, 0) is 0 Å². The Balaban J connectivity index is 1.64. The molecule has 2 heterocycles. The first-order valence-electron chi connectivity index (χ1n) is 8.41. The number of rotatable bonds is 3. The van der Waals surface area contributed by atoms with Gasteiger partial charge in [-0.3, -0.25) is 10.1 Å². The van der Waals surface area contributed by atoms with Crippen LogP contribution in [0.4, 0.5) is 11.5 Å². The van der Waals surface area contributed by atoms with Crippen molar-refractivity contribution in [1.82, 2.24) is 9.88 Å². The van der Waals surface area contributed by atoms with Crippen LogP contribution in [0.2, 0.25) is 0 Å². The third-order valence-corrected chi connectivity index (χ3v) is 4.29. The van der Waals surface area contributed by atoms with Crippen molar-refractivity contribution in [3.05, 3.63) is 76.1 Å². The normalized spacial score (nSPS) is 13.7. The summed E-state index contributed by atoms with van der Waals surface area (Å²) in [5.41, 5.74) is 2.95. The first-order valence-corrected chi connectivity index (χ1v) is 8.41. The van der Waals surface area contributed by atoms with Gasteiger partial charge < -0.3 is 9.80 Å². The smallest absolute Gasteiger partial charge is 0.311 e. The maximum Gasteiger partial charge on any atom is 0.311 e. The van der Waals surface area contributed by atoms with Crippen LogP contribution in [0.5, 0.6) is 0 Å². The molecule has 1 aromatic carbocycles. The second kappa shape index (κ2) is 7.70. The van der Waals surface area contributed by atoms with Crippen LogP contribution in [-0.4, -0.2) is 41.0 Å². The molecule has 0 atom stereocenters. The van der Waals surface area contributed by atoms with Gasteiger partial charge >= 0.3 is 5.69 Å². The molecule has 0 saturated carbocycles. The summed E-state index contributed by atoms with van der Waals surface area (Å²) >= 11 is 0. The van der Waals surface area contributed by atoms with E-state index in [0.717, 1.165) is 11.3 Å². The van der Waals surface area contributed by atoms with Gasteiger partial charge in [-0.2, -0.15) is 0 Å². The van der Waals surface area contributed by atoms with E-state index in [-0.39, 0.29) is 10.6 Å². The fourth-order valence-corrected chi connectivity index (χ4v) is 2.91. The van der Waals surface area contributed by atoms with Crippen LogP contribution in [0, 0.1) is 28.9 Å². The lowest BCUT2D eigenvalue weighted by Crippen LogP contribution is -2.46. The van der Waals surface area contributed by atoms with E-state index in [9.17, 15) is 10.1 Å². The fourth-order valence-electron chi connectivity index (χ4n) is 2.91. The topological polar surface area (TPSA) is 62.5 Å². The minimum absolute atomic E-state index is 0.0408. The summed E-state index contributed by atoms with van der Waals surface area (Å²) in [5.74, 6) is 6.69. The van der Waals surface area contributed by atoms with E-state index in [1.165, 1.54) is 11.6 Å². The summed E-state index contributed by atoms with van der Waals surface area (Å²) in [6.45, 7) is 8.80. The molecule has 132 valence electrons. The number of hydrogen-bond acceptors (Lipinski definition) is 5. The summed E-state index contributed by atoms with van der Waals surface area (Å²) in [4.78, 5) is 19.0. The summed E-state index contributed by atoms with van der Waals surface area (Å²) in [6, 6.07) is 11.1.